The zero-order valence-corrected chi connectivity index (χ0v) is 8.57. The Morgan fingerprint density at radius 3 is 2.73 bits per heavy atom. The van der Waals surface area contributed by atoms with Crippen LogP contribution in [0.1, 0.15) is 5.56 Å². The molecular formula is C11H14FNO2. The molecule has 0 aromatic heterocycles. The molecule has 0 spiro atoms. The second-order valence-corrected chi connectivity index (χ2v) is 3.11. The Morgan fingerprint density at radius 2 is 2.13 bits per heavy atom. The predicted octanol–water partition coefficient (Wildman–Crippen LogP) is 1.29. The number of carbonyl (C=O) groups excluding carboxylic acids is 1. The summed E-state index contributed by atoms with van der Waals surface area (Å²) >= 11 is 0. The zero-order valence-electron chi connectivity index (χ0n) is 8.57. The number of carbonyl (C=O) groups is 1. The van der Waals surface area contributed by atoms with Crippen LogP contribution in [0.4, 0.5) is 4.39 Å². The highest BCUT2D eigenvalue weighted by Crippen LogP contribution is 1.98. The van der Waals surface area contributed by atoms with E-state index >= 15 is 0 Å². The fraction of sp³-hybridized carbons (Fsp3) is 0.364. The monoisotopic (exact) mass is 211 g/mol. The minimum atomic E-state index is -1.60. The normalized spacial score (nSPS) is 12.1. The third-order valence-electron chi connectivity index (χ3n) is 1.95. The lowest BCUT2D eigenvalue weighted by atomic mass is 10.2. The van der Waals surface area contributed by atoms with E-state index in [1.807, 2.05) is 30.3 Å². The molecular weight excluding hydrogens is 197 g/mol. The van der Waals surface area contributed by atoms with Crippen molar-refractivity contribution in [1.82, 2.24) is 5.32 Å². The summed E-state index contributed by atoms with van der Waals surface area (Å²) in [6.45, 7) is 0.514. The van der Waals surface area contributed by atoms with Crippen molar-refractivity contribution in [2.75, 3.05) is 13.7 Å². The van der Waals surface area contributed by atoms with Crippen LogP contribution in [0, 0.1) is 0 Å². The molecule has 1 N–H and O–H groups in total. The summed E-state index contributed by atoms with van der Waals surface area (Å²) in [5, 5.41) is 2.84. The van der Waals surface area contributed by atoms with Gasteiger partial charge in [0.25, 0.3) is 0 Å². The van der Waals surface area contributed by atoms with Gasteiger partial charge in [-0.1, -0.05) is 30.3 Å². The molecule has 1 unspecified atom stereocenters. The average molecular weight is 211 g/mol. The first-order valence-electron chi connectivity index (χ1n) is 4.70. The molecule has 0 aliphatic carbocycles. The first-order valence-corrected chi connectivity index (χ1v) is 4.70. The van der Waals surface area contributed by atoms with Gasteiger partial charge in [0.15, 0.2) is 0 Å². The summed E-state index contributed by atoms with van der Waals surface area (Å²) in [5.41, 5.74) is 1.05. The summed E-state index contributed by atoms with van der Waals surface area (Å²) in [7, 11) is 1.17. The Morgan fingerprint density at radius 1 is 1.47 bits per heavy atom. The maximum atomic E-state index is 13.0. The van der Waals surface area contributed by atoms with Gasteiger partial charge in [0.05, 0.1) is 7.11 Å². The molecule has 0 fully saturated rings. The van der Waals surface area contributed by atoms with Crippen molar-refractivity contribution in [1.29, 1.82) is 0 Å². The lowest BCUT2D eigenvalue weighted by molar-refractivity contribution is -0.146. The van der Waals surface area contributed by atoms with Crippen molar-refractivity contribution in [3.05, 3.63) is 35.9 Å². The van der Waals surface area contributed by atoms with Gasteiger partial charge in [-0.25, -0.2) is 9.18 Å². The molecule has 0 radical (unpaired) electrons. The molecule has 0 aliphatic rings. The van der Waals surface area contributed by atoms with E-state index in [0.29, 0.717) is 6.54 Å². The molecule has 1 rings (SSSR count). The molecule has 4 heteroatoms. The summed E-state index contributed by atoms with van der Waals surface area (Å²) < 4.78 is 17.2. The second-order valence-electron chi connectivity index (χ2n) is 3.11. The number of alkyl halides is 1. The molecule has 15 heavy (non-hydrogen) atoms. The number of halogens is 1. The van der Waals surface area contributed by atoms with Crippen LogP contribution in [-0.2, 0) is 16.1 Å². The lowest BCUT2D eigenvalue weighted by Crippen LogP contribution is -2.30. The van der Waals surface area contributed by atoms with Crippen LogP contribution < -0.4 is 5.32 Å². The van der Waals surface area contributed by atoms with E-state index in [1.165, 1.54) is 7.11 Å². The zero-order chi connectivity index (χ0) is 11.1. The Bertz CT molecular complexity index is 303. The van der Waals surface area contributed by atoms with Gasteiger partial charge in [-0.05, 0) is 5.56 Å². The van der Waals surface area contributed by atoms with E-state index < -0.39 is 12.1 Å². The predicted molar refractivity (Wildman–Crippen MR) is 55.1 cm³/mol. The number of hydrogen-bond donors (Lipinski definition) is 1. The maximum Gasteiger partial charge on any atom is 0.341 e. The summed E-state index contributed by atoms with van der Waals surface area (Å²) in [6, 6.07) is 9.58. The Kier molecular flexibility index (Phi) is 4.77. The van der Waals surface area contributed by atoms with Gasteiger partial charge in [-0.3, -0.25) is 0 Å². The molecule has 1 atom stereocenters. The van der Waals surface area contributed by atoms with Crippen molar-refractivity contribution in [3.8, 4) is 0 Å². The quantitative estimate of drug-likeness (QED) is 0.746. The van der Waals surface area contributed by atoms with Crippen molar-refractivity contribution >= 4 is 5.97 Å². The van der Waals surface area contributed by atoms with Crippen LogP contribution in [0.25, 0.3) is 0 Å². The summed E-state index contributed by atoms with van der Waals surface area (Å²) in [6.07, 6.45) is -1.60. The average Bonchev–Trinajstić information content (AvgIpc) is 2.29. The van der Waals surface area contributed by atoms with Crippen LogP contribution in [0.3, 0.4) is 0 Å². The van der Waals surface area contributed by atoms with Gasteiger partial charge in [-0.15, -0.1) is 0 Å². The number of benzene rings is 1. The van der Waals surface area contributed by atoms with Crippen molar-refractivity contribution in [2.24, 2.45) is 0 Å². The number of esters is 1. The first kappa shape index (κ1) is 11.7. The van der Waals surface area contributed by atoms with E-state index in [0.717, 1.165) is 5.56 Å². The lowest BCUT2D eigenvalue weighted by Gasteiger charge is -2.07. The highest BCUT2D eigenvalue weighted by molar-refractivity contribution is 5.74. The van der Waals surface area contributed by atoms with Crippen LogP contribution >= 0.6 is 0 Å². The topological polar surface area (TPSA) is 38.3 Å². The van der Waals surface area contributed by atoms with E-state index in [9.17, 15) is 9.18 Å². The molecule has 0 heterocycles. The molecule has 1 aromatic carbocycles. The molecule has 1 aromatic rings. The van der Waals surface area contributed by atoms with Gasteiger partial charge in [0, 0.05) is 13.1 Å². The van der Waals surface area contributed by atoms with Gasteiger partial charge < -0.3 is 10.1 Å². The van der Waals surface area contributed by atoms with Crippen molar-refractivity contribution in [3.63, 3.8) is 0 Å². The minimum absolute atomic E-state index is 0.0262. The molecule has 0 bridgehead atoms. The third kappa shape index (κ3) is 4.08. The van der Waals surface area contributed by atoms with E-state index in [1.54, 1.807) is 0 Å². The Balaban J connectivity index is 2.25. The van der Waals surface area contributed by atoms with Crippen LogP contribution in [0.5, 0.6) is 0 Å². The summed E-state index contributed by atoms with van der Waals surface area (Å²) in [5.74, 6) is -0.837. The fourth-order valence-corrected chi connectivity index (χ4v) is 1.15. The van der Waals surface area contributed by atoms with Crippen molar-refractivity contribution < 1.29 is 13.9 Å². The number of hydrogen-bond acceptors (Lipinski definition) is 3. The standard InChI is InChI=1S/C11H14FNO2/c1-15-11(14)10(12)8-13-7-9-5-3-2-4-6-9/h2-6,10,13H,7-8H2,1H3. The van der Waals surface area contributed by atoms with E-state index in [2.05, 4.69) is 10.1 Å². The highest BCUT2D eigenvalue weighted by Gasteiger charge is 2.16. The van der Waals surface area contributed by atoms with Gasteiger partial charge in [-0.2, -0.15) is 0 Å². The molecule has 0 aliphatic heterocycles. The van der Waals surface area contributed by atoms with Crippen molar-refractivity contribution in [2.45, 2.75) is 12.7 Å². The smallest absolute Gasteiger partial charge is 0.341 e. The third-order valence-corrected chi connectivity index (χ3v) is 1.95. The number of rotatable bonds is 5. The molecule has 3 nitrogen and oxygen atoms in total. The van der Waals surface area contributed by atoms with Crippen LogP contribution in [0.2, 0.25) is 0 Å². The maximum absolute atomic E-state index is 13.0. The van der Waals surface area contributed by atoms with Crippen LogP contribution in [-0.4, -0.2) is 25.8 Å². The summed E-state index contributed by atoms with van der Waals surface area (Å²) in [4.78, 5) is 10.7. The van der Waals surface area contributed by atoms with Gasteiger partial charge in [0.1, 0.15) is 0 Å². The molecule has 0 saturated carbocycles. The molecule has 0 saturated heterocycles. The van der Waals surface area contributed by atoms with E-state index in [-0.39, 0.29) is 6.54 Å². The minimum Gasteiger partial charge on any atom is -0.467 e. The highest BCUT2D eigenvalue weighted by atomic mass is 19.1. The second kappa shape index (κ2) is 6.14. The number of nitrogens with one attached hydrogen (secondary N) is 1. The number of ether oxygens (including phenoxy) is 1. The Labute approximate surface area is 88.2 Å². The molecule has 0 amide bonds. The van der Waals surface area contributed by atoms with Gasteiger partial charge >= 0.3 is 5.97 Å². The Hall–Kier alpha value is -1.42. The number of methoxy groups -OCH3 is 1. The first-order chi connectivity index (χ1) is 7.24. The van der Waals surface area contributed by atoms with E-state index in [4.69, 9.17) is 0 Å². The van der Waals surface area contributed by atoms with Gasteiger partial charge in [0.2, 0.25) is 6.17 Å². The fourth-order valence-electron chi connectivity index (χ4n) is 1.15. The SMILES string of the molecule is COC(=O)C(F)CNCc1ccccc1. The van der Waals surface area contributed by atoms with Crippen LogP contribution in [0.15, 0.2) is 30.3 Å². The largest absolute Gasteiger partial charge is 0.467 e. The molecule has 82 valence electrons.